The molecule has 2 aromatic rings. The number of aromatic nitrogens is 2. The normalized spacial score (nSPS) is 15.0. The Labute approximate surface area is 150 Å². The number of nitrogens with one attached hydrogen (secondary N) is 1. The quantitative estimate of drug-likeness (QED) is 0.773. The molecule has 3 rings (SSSR count). The van der Waals surface area contributed by atoms with Gasteiger partial charge in [0.05, 0.1) is 0 Å². The second-order valence-electron chi connectivity index (χ2n) is 6.48. The monoisotopic (exact) mass is 340 g/mol. The van der Waals surface area contributed by atoms with Gasteiger partial charge in [-0.25, -0.2) is 9.97 Å². The zero-order chi connectivity index (χ0) is 17.3. The average molecular weight is 340 g/mol. The maximum atomic E-state index is 5.12. The predicted octanol–water partition coefficient (Wildman–Crippen LogP) is 3.97. The first-order valence-corrected chi connectivity index (χ1v) is 9.29. The van der Waals surface area contributed by atoms with Crippen LogP contribution in [-0.2, 0) is 4.74 Å². The Morgan fingerprint density at radius 1 is 1.04 bits per heavy atom. The van der Waals surface area contributed by atoms with Gasteiger partial charge in [-0.3, -0.25) is 0 Å². The second kappa shape index (κ2) is 9.37. The van der Waals surface area contributed by atoms with Gasteiger partial charge >= 0.3 is 0 Å². The van der Waals surface area contributed by atoms with Crippen molar-refractivity contribution in [2.75, 3.05) is 43.6 Å². The van der Waals surface area contributed by atoms with Crippen molar-refractivity contribution >= 4 is 11.6 Å². The second-order valence-corrected chi connectivity index (χ2v) is 6.48. The molecular weight excluding hydrogens is 312 g/mol. The summed E-state index contributed by atoms with van der Waals surface area (Å²) >= 11 is 0. The lowest BCUT2D eigenvalue weighted by Crippen LogP contribution is -2.25. The smallest absolute Gasteiger partial charge is 0.163 e. The number of hydrogen-bond donors (Lipinski definition) is 1. The van der Waals surface area contributed by atoms with Gasteiger partial charge < -0.3 is 15.0 Å². The molecule has 1 aliphatic rings. The van der Waals surface area contributed by atoms with E-state index in [1.807, 2.05) is 18.2 Å². The number of nitrogens with zero attached hydrogens (tertiary/aromatic N) is 3. The summed E-state index contributed by atoms with van der Waals surface area (Å²) in [7, 11) is 1.73. The van der Waals surface area contributed by atoms with Crippen LogP contribution in [0.25, 0.3) is 11.4 Å². The topological polar surface area (TPSA) is 50.3 Å². The minimum Gasteiger partial charge on any atom is -0.385 e. The molecule has 1 fully saturated rings. The van der Waals surface area contributed by atoms with Crippen LogP contribution in [0.15, 0.2) is 36.4 Å². The van der Waals surface area contributed by atoms with Crippen molar-refractivity contribution < 1.29 is 4.74 Å². The molecule has 1 aromatic heterocycles. The Hall–Kier alpha value is -2.14. The molecule has 0 spiro atoms. The number of benzene rings is 1. The number of methoxy groups -OCH3 is 1. The van der Waals surface area contributed by atoms with Crippen molar-refractivity contribution in [3.8, 4) is 11.4 Å². The third-order valence-corrected chi connectivity index (χ3v) is 4.51. The van der Waals surface area contributed by atoms with Gasteiger partial charge in [0.1, 0.15) is 11.6 Å². The molecule has 0 amide bonds. The number of ether oxygens (including phenoxy) is 1. The van der Waals surface area contributed by atoms with Gasteiger partial charge in [0.15, 0.2) is 5.82 Å². The van der Waals surface area contributed by atoms with Gasteiger partial charge in [-0.15, -0.1) is 0 Å². The highest BCUT2D eigenvalue weighted by molar-refractivity contribution is 5.61. The van der Waals surface area contributed by atoms with E-state index in [9.17, 15) is 0 Å². The van der Waals surface area contributed by atoms with Gasteiger partial charge in [0.2, 0.25) is 0 Å². The summed E-state index contributed by atoms with van der Waals surface area (Å²) in [6, 6.07) is 12.3. The molecule has 5 heteroatoms. The van der Waals surface area contributed by atoms with E-state index in [-0.39, 0.29) is 0 Å². The van der Waals surface area contributed by atoms with Gasteiger partial charge in [0.25, 0.3) is 0 Å². The van der Waals surface area contributed by atoms with Crippen LogP contribution in [0.4, 0.5) is 11.6 Å². The standard InChI is InChI=1S/C20H28N4O/c1-25-15-9-12-21-18-16-19(24-13-7-2-3-8-14-24)23-20(22-18)17-10-5-4-6-11-17/h4-6,10-11,16H,2-3,7-9,12-15H2,1H3,(H,21,22,23). The minimum atomic E-state index is 0.753. The Morgan fingerprint density at radius 3 is 2.52 bits per heavy atom. The molecular formula is C20H28N4O. The third-order valence-electron chi connectivity index (χ3n) is 4.51. The van der Waals surface area contributed by atoms with E-state index in [2.05, 4.69) is 28.4 Å². The zero-order valence-electron chi connectivity index (χ0n) is 15.1. The SMILES string of the molecule is COCCCNc1cc(N2CCCCCC2)nc(-c2ccccc2)n1. The summed E-state index contributed by atoms with van der Waals surface area (Å²) in [5.74, 6) is 2.71. The first-order chi connectivity index (χ1) is 12.4. The lowest BCUT2D eigenvalue weighted by atomic mass is 10.2. The Bertz CT molecular complexity index is 639. The molecule has 1 aliphatic heterocycles. The van der Waals surface area contributed by atoms with Crippen LogP contribution in [0.3, 0.4) is 0 Å². The Kier molecular flexibility index (Phi) is 6.63. The molecule has 0 aliphatic carbocycles. The Morgan fingerprint density at radius 2 is 1.80 bits per heavy atom. The molecule has 0 radical (unpaired) electrons. The van der Waals surface area contributed by atoms with Crippen LogP contribution < -0.4 is 10.2 Å². The molecule has 0 atom stereocenters. The molecule has 134 valence electrons. The van der Waals surface area contributed by atoms with Crippen LogP contribution >= 0.6 is 0 Å². The molecule has 1 N–H and O–H groups in total. The van der Waals surface area contributed by atoms with Crippen LogP contribution in [-0.4, -0.2) is 43.3 Å². The van der Waals surface area contributed by atoms with Crippen LogP contribution in [0, 0.1) is 0 Å². The predicted molar refractivity (Wildman–Crippen MR) is 103 cm³/mol. The van der Waals surface area contributed by atoms with Gasteiger partial charge in [-0.1, -0.05) is 43.2 Å². The summed E-state index contributed by atoms with van der Waals surface area (Å²) < 4.78 is 5.12. The maximum absolute atomic E-state index is 5.12. The van der Waals surface area contributed by atoms with Crippen LogP contribution in [0.2, 0.25) is 0 Å². The molecule has 1 saturated heterocycles. The molecule has 0 saturated carbocycles. The number of hydrogen-bond acceptors (Lipinski definition) is 5. The van der Waals surface area contributed by atoms with E-state index in [0.717, 1.165) is 55.7 Å². The van der Waals surface area contributed by atoms with Crippen molar-refractivity contribution in [1.29, 1.82) is 0 Å². The van der Waals surface area contributed by atoms with E-state index in [4.69, 9.17) is 14.7 Å². The maximum Gasteiger partial charge on any atom is 0.163 e. The minimum absolute atomic E-state index is 0.753. The van der Waals surface area contributed by atoms with Crippen molar-refractivity contribution in [3.05, 3.63) is 36.4 Å². The van der Waals surface area contributed by atoms with E-state index < -0.39 is 0 Å². The largest absolute Gasteiger partial charge is 0.385 e. The van der Waals surface area contributed by atoms with Gasteiger partial charge in [0, 0.05) is 45.0 Å². The van der Waals surface area contributed by atoms with Crippen LogP contribution in [0.1, 0.15) is 32.1 Å². The first kappa shape index (κ1) is 17.7. The first-order valence-electron chi connectivity index (χ1n) is 9.29. The summed E-state index contributed by atoms with van der Waals surface area (Å²) in [6.07, 6.45) is 6.06. The lowest BCUT2D eigenvalue weighted by molar-refractivity contribution is 0.198. The van der Waals surface area contributed by atoms with E-state index in [0.29, 0.717) is 0 Å². The van der Waals surface area contributed by atoms with Gasteiger partial charge in [-0.2, -0.15) is 0 Å². The highest BCUT2D eigenvalue weighted by atomic mass is 16.5. The highest BCUT2D eigenvalue weighted by Crippen LogP contribution is 2.24. The van der Waals surface area contributed by atoms with E-state index in [1.54, 1.807) is 7.11 Å². The number of rotatable bonds is 7. The summed E-state index contributed by atoms with van der Waals surface area (Å²) in [5, 5.41) is 3.43. The van der Waals surface area contributed by atoms with Crippen molar-refractivity contribution in [1.82, 2.24) is 9.97 Å². The zero-order valence-corrected chi connectivity index (χ0v) is 15.1. The lowest BCUT2D eigenvalue weighted by Gasteiger charge is -2.22. The molecule has 5 nitrogen and oxygen atoms in total. The fourth-order valence-electron chi connectivity index (χ4n) is 3.14. The van der Waals surface area contributed by atoms with E-state index >= 15 is 0 Å². The highest BCUT2D eigenvalue weighted by Gasteiger charge is 2.14. The van der Waals surface area contributed by atoms with Crippen molar-refractivity contribution in [2.45, 2.75) is 32.1 Å². The van der Waals surface area contributed by atoms with Crippen molar-refractivity contribution in [3.63, 3.8) is 0 Å². The fraction of sp³-hybridized carbons (Fsp3) is 0.500. The fourth-order valence-corrected chi connectivity index (χ4v) is 3.14. The average Bonchev–Trinajstić information content (AvgIpc) is 2.95. The molecule has 0 unspecified atom stereocenters. The Balaban J connectivity index is 1.84. The molecule has 1 aromatic carbocycles. The molecule has 25 heavy (non-hydrogen) atoms. The molecule has 0 bridgehead atoms. The van der Waals surface area contributed by atoms with Gasteiger partial charge in [-0.05, 0) is 19.3 Å². The molecule has 2 heterocycles. The third kappa shape index (κ3) is 5.16. The van der Waals surface area contributed by atoms with E-state index in [1.165, 1.54) is 25.7 Å². The van der Waals surface area contributed by atoms with Crippen LogP contribution in [0.5, 0.6) is 0 Å². The summed E-state index contributed by atoms with van der Waals surface area (Å²) in [4.78, 5) is 12.0. The summed E-state index contributed by atoms with van der Waals surface area (Å²) in [5.41, 5.74) is 1.05. The number of anilines is 2. The van der Waals surface area contributed by atoms with Crippen molar-refractivity contribution in [2.24, 2.45) is 0 Å². The summed E-state index contributed by atoms with van der Waals surface area (Å²) in [6.45, 7) is 3.75.